The average molecular weight is 240 g/mol. The van der Waals surface area contributed by atoms with E-state index in [0.29, 0.717) is 17.3 Å². The number of ether oxygens (including phenoxy) is 1. The Morgan fingerprint density at radius 3 is 2.44 bits per heavy atom. The SMILES string of the molecule is CCCOc1ccc(C(C)(C)C)c(S)c1O. The Morgan fingerprint density at radius 2 is 1.94 bits per heavy atom. The van der Waals surface area contributed by atoms with Crippen LogP contribution in [-0.2, 0) is 5.41 Å². The zero-order chi connectivity index (χ0) is 12.3. The molecule has 0 aliphatic rings. The number of hydrogen-bond acceptors (Lipinski definition) is 3. The fraction of sp³-hybridized carbons (Fsp3) is 0.538. The molecule has 0 aromatic heterocycles. The van der Waals surface area contributed by atoms with Gasteiger partial charge in [-0.05, 0) is 23.5 Å². The highest BCUT2D eigenvalue weighted by atomic mass is 32.1. The molecule has 2 nitrogen and oxygen atoms in total. The van der Waals surface area contributed by atoms with Gasteiger partial charge in [0, 0.05) is 0 Å². The molecule has 0 saturated heterocycles. The highest BCUT2D eigenvalue weighted by Gasteiger charge is 2.20. The lowest BCUT2D eigenvalue weighted by Gasteiger charge is -2.22. The van der Waals surface area contributed by atoms with Crippen molar-refractivity contribution in [3.63, 3.8) is 0 Å². The van der Waals surface area contributed by atoms with Crippen molar-refractivity contribution in [2.75, 3.05) is 6.61 Å². The van der Waals surface area contributed by atoms with Crippen LogP contribution in [0.1, 0.15) is 39.7 Å². The molecule has 0 spiro atoms. The number of thiol groups is 1. The number of rotatable bonds is 3. The van der Waals surface area contributed by atoms with Gasteiger partial charge in [-0.2, -0.15) is 0 Å². The Hall–Kier alpha value is -0.830. The molecule has 0 bridgehead atoms. The van der Waals surface area contributed by atoms with E-state index in [4.69, 9.17) is 4.74 Å². The minimum atomic E-state index is -0.0299. The summed E-state index contributed by atoms with van der Waals surface area (Å²) < 4.78 is 5.44. The number of hydrogen-bond donors (Lipinski definition) is 2. The van der Waals surface area contributed by atoms with Crippen LogP contribution in [0.15, 0.2) is 17.0 Å². The van der Waals surface area contributed by atoms with Crippen molar-refractivity contribution in [3.8, 4) is 11.5 Å². The molecule has 3 heteroatoms. The van der Waals surface area contributed by atoms with E-state index in [2.05, 4.69) is 33.4 Å². The second-order valence-electron chi connectivity index (χ2n) is 4.91. The number of phenolic OH excluding ortho intramolecular Hbond substituents is 1. The first-order valence-electron chi connectivity index (χ1n) is 5.56. The van der Waals surface area contributed by atoms with Gasteiger partial charge in [-0.3, -0.25) is 0 Å². The Bertz CT molecular complexity index is 367. The molecular weight excluding hydrogens is 220 g/mol. The van der Waals surface area contributed by atoms with Crippen molar-refractivity contribution in [1.82, 2.24) is 0 Å². The highest BCUT2D eigenvalue weighted by Crippen LogP contribution is 2.39. The average Bonchev–Trinajstić information content (AvgIpc) is 2.18. The second-order valence-corrected chi connectivity index (χ2v) is 5.35. The van der Waals surface area contributed by atoms with Crippen molar-refractivity contribution in [3.05, 3.63) is 17.7 Å². The molecule has 0 heterocycles. The van der Waals surface area contributed by atoms with E-state index in [1.807, 2.05) is 19.1 Å². The van der Waals surface area contributed by atoms with E-state index in [-0.39, 0.29) is 11.2 Å². The van der Waals surface area contributed by atoms with Crippen molar-refractivity contribution >= 4 is 12.6 Å². The smallest absolute Gasteiger partial charge is 0.171 e. The van der Waals surface area contributed by atoms with Gasteiger partial charge >= 0.3 is 0 Å². The summed E-state index contributed by atoms with van der Waals surface area (Å²) >= 11 is 4.37. The molecular formula is C13H20O2S. The van der Waals surface area contributed by atoms with E-state index in [9.17, 15) is 5.11 Å². The fourth-order valence-corrected chi connectivity index (χ4v) is 2.01. The van der Waals surface area contributed by atoms with E-state index >= 15 is 0 Å². The van der Waals surface area contributed by atoms with Gasteiger partial charge in [0.25, 0.3) is 0 Å². The molecule has 0 radical (unpaired) electrons. The largest absolute Gasteiger partial charge is 0.503 e. The molecule has 0 fully saturated rings. The van der Waals surface area contributed by atoms with E-state index < -0.39 is 0 Å². The normalized spacial score (nSPS) is 11.6. The molecule has 0 aliphatic carbocycles. The molecule has 1 N–H and O–H groups in total. The molecule has 0 aliphatic heterocycles. The summed E-state index contributed by atoms with van der Waals surface area (Å²) in [6.45, 7) is 8.91. The van der Waals surface area contributed by atoms with Gasteiger partial charge in [-0.15, -0.1) is 12.6 Å². The fourth-order valence-electron chi connectivity index (χ4n) is 1.49. The van der Waals surface area contributed by atoms with Crippen molar-refractivity contribution < 1.29 is 9.84 Å². The van der Waals surface area contributed by atoms with Crippen LogP contribution in [0.2, 0.25) is 0 Å². The minimum Gasteiger partial charge on any atom is -0.503 e. The summed E-state index contributed by atoms with van der Waals surface area (Å²) in [5.74, 6) is 0.657. The zero-order valence-corrected chi connectivity index (χ0v) is 11.3. The lowest BCUT2D eigenvalue weighted by Crippen LogP contribution is -2.12. The molecule has 16 heavy (non-hydrogen) atoms. The summed E-state index contributed by atoms with van der Waals surface area (Å²) in [5.41, 5.74) is 0.995. The Labute approximate surface area is 103 Å². The maximum atomic E-state index is 9.97. The predicted molar refractivity (Wildman–Crippen MR) is 69.8 cm³/mol. The van der Waals surface area contributed by atoms with Gasteiger partial charge in [-0.1, -0.05) is 33.8 Å². The van der Waals surface area contributed by atoms with Crippen molar-refractivity contribution in [2.45, 2.75) is 44.4 Å². The number of aromatic hydroxyl groups is 1. The maximum absolute atomic E-state index is 9.97. The third-order valence-corrected chi connectivity index (χ3v) is 2.84. The standard InChI is InChI=1S/C13H20O2S/c1-5-8-15-10-7-6-9(13(2,3)4)12(16)11(10)14/h6-7,14,16H,5,8H2,1-4H3. The third-order valence-electron chi connectivity index (χ3n) is 2.38. The number of phenols is 1. The predicted octanol–water partition coefficient (Wildman–Crippen LogP) is 3.77. The van der Waals surface area contributed by atoms with Crippen LogP contribution in [-0.4, -0.2) is 11.7 Å². The van der Waals surface area contributed by atoms with Gasteiger partial charge < -0.3 is 9.84 Å². The second kappa shape index (κ2) is 5.00. The Balaban J connectivity index is 3.08. The number of benzene rings is 1. The van der Waals surface area contributed by atoms with Crippen molar-refractivity contribution in [2.24, 2.45) is 0 Å². The molecule has 0 amide bonds. The van der Waals surface area contributed by atoms with E-state index in [1.165, 1.54) is 0 Å². The quantitative estimate of drug-likeness (QED) is 0.788. The maximum Gasteiger partial charge on any atom is 0.171 e. The van der Waals surface area contributed by atoms with Crippen LogP contribution in [0.25, 0.3) is 0 Å². The minimum absolute atomic E-state index is 0.0299. The first-order chi connectivity index (χ1) is 7.38. The van der Waals surface area contributed by atoms with Crippen LogP contribution < -0.4 is 4.74 Å². The first kappa shape index (κ1) is 13.2. The van der Waals surface area contributed by atoms with Gasteiger partial charge in [0.1, 0.15) is 0 Å². The molecule has 0 atom stereocenters. The van der Waals surface area contributed by atoms with Crippen molar-refractivity contribution in [1.29, 1.82) is 0 Å². The molecule has 90 valence electrons. The lowest BCUT2D eigenvalue weighted by atomic mass is 9.87. The van der Waals surface area contributed by atoms with Gasteiger partial charge in [0.15, 0.2) is 11.5 Å². The first-order valence-corrected chi connectivity index (χ1v) is 6.01. The van der Waals surface area contributed by atoms with E-state index in [1.54, 1.807) is 0 Å². The van der Waals surface area contributed by atoms with Crippen LogP contribution in [0.4, 0.5) is 0 Å². The zero-order valence-electron chi connectivity index (χ0n) is 10.4. The molecule has 1 aromatic rings. The summed E-state index contributed by atoms with van der Waals surface area (Å²) in [7, 11) is 0. The van der Waals surface area contributed by atoms with Crippen LogP contribution in [0.3, 0.4) is 0 Å². The monoisotopic (exact) mass is 240 g/mol. The van der Waals surface area contributed by atoms with Gasteiger partial charge in [-0.25, -0.2) is 0 Å². The summed E-state index contributed by atoms with van der Waals surface area (Å²) in [6, 6.07) is 3.78. The van der Waals surface area contributed by atoms with Gasteiger partial charge in [0.05, 0.1) is 11.5 Å². The highest BCUT2D eigenvalue weighted by molar-refractivity contribution is 7.80. The van der Waals surface area contributed by atoms with Crippen LogP contribution in [0, 0.1) is 0 Å². The Kier molecular flexibility index (Phi) is 4.14. The summed E-state index contributed by atoms with van der Waals surface area (Å²) in [6.07, 6.45) is 0.919. The summed E-state index contributed by atoms with van der Waals surface area (Å²) in [4.78, 5) is 0.612. The van der Waals surface area contributed by atoms with Gasteiger partial charge in [0.2, 0.25) is 0 Å². The third kappa shape index (κ3) is 2.85. The summed E-state index contributed by atoms with van der Waals surface area (Å²) in [5, 5.41) is 9.97. The van der Waals surface area contributed by atoms with E-state index in [0.717, 1.165) is 12.0 Å². The van der Waals surface area contributed by atoms with Crippen LogP contribution >= 0.6 is 12.6 Å². The molecule has 0 unspecified atom stereocenters. The molecule has 0 saturated carbocycles. The van der Waals surface area contributed by atoms with Crippen LogP contribution in [0.5, 0.6) is 11.5 Å². The molecule has 1 aromatic carbocycles. The topological polar surface area (TPSA) is 29.5 Å². The Morgan fingerprint density at radius 1 is 1.31 bits per heavy atom. The molecule has 1 rings (SSSR count). The lowest BCUT2D eigenvalue weighted by molar-refractivity contribution is 0.296.